The molecule has 1 fully saturated rings. The average Bonchev–Trinajstić information content (AvgIpc) is 3.09. The molecule has 1 aliphatic rings. The van der Waals surface area contributed by atoms with E-state index >= 15 is 0 Å². The number of nitrogens with one attached hydrogen (secondary N) is 1. The van der Waals surface area contributed by atoms with Crippen LogP contribution in [0.25, 0.3) is 0 Å². The molecule has 5 heteroatoms. The maximum Gasteiger partial charge on any atom is 0.241 e. The van der Waals surface area contributed by atoms with E-state index in [9.17, 15) is 4.79 Å². The van der Waals surface area contributed by atoms with Crippen LogP contribution in [-0.2, 0) is 24.2 Å². The van der Waals surface area contributed by atoms with Crippen LogP contribution in [0, 0.1) is 0 Å². The van der Waals surface area contributed by atoms with Crippen molar-refractivity contribution < 1.29 is 14.3 Å². The monoisotopic (exact) mass is 416 g/mol. The molecule has 0 spiro atoms. The Morgan fingerprint density at radius 1 is 0.742 bits per heavy atom. The summed E-state index contributed by atoms with van der Waals surface area (Å²) >= 11 is 0. The Bertz CT molecular complexity index is 987. The first-order valence-electron chi connectivity index (χ1n) is 10.5. The minimum Gasteiger partial charge on any atom is -0.497 e. The van der Waals surface area contributed by atoms with E-state index in [0.717, 1.165) is 34.6 Å². The molecule has 0 saturated carbocycles. The van der Waals surface area contributed by atoms with Crippen molar-refractivity contribution in [2.45, 2.75) is 31.6 Å². The minimum atomic E-state index is -0.250. The summed E-state index contributed by atoms with van der Waals surface area (Å²) in [6, 6.07) is 25.8. The third kappa shape index (κ3) is 5.06. The van der Waals surface area contributed by atoms with Gasteiger partial charge in [-0.15, -0.1) is 0 Å². The largest absolute Gasteiger partial charge is 0.497 e. The Balaban J connectivity index is 1.52. The molecule has 4 rings (SSSR count). The zero-order chi connectivity index (χ0) is 21.6. The van der Waals surface area contributed by atoms with Gasteiger partial charge >= 0.3 is 0 Å². The van der Waals surface area contributed by atoms with Gasteiger partial charge < -0.3 is 14.4 Å². The van der Waals surface area contributed by atoms with Gasteiger partial charge in [0, 0.05) is 13.0 Å². The van der Waals surface area contributed by atoms with E-state index in [2.05, 4.69) is 29.6 Å². The Hall–Kier alpha value is -3.31. The molecule has 1 heterocycles. The minimum absolute atomic E-state index is 0.0654. The molecule has 31 heavy (non-hydrogen) atoms. The van der Waals surface area contributed by atoms with Crippen molar-refractivity contribution in [3.05, 3.63) is 95.6 Å². The second-order valence-corrected chi connectivity index (χ2v) is 7.79. The summed E-state index contributed by atoms with van der Waals surface area (Å²) in [5.41, 5.74) is 3.40. The van der Waals surface area contributed by atoms with Gasteiger partial charge in [0.05, 0.1) is 26.4 Å². The fourth-order valence-corrected chi connectivity index (χ4v) is 4.01. The lowest BCUT2D eigenvalue weighted by molar-refractivity contribution is -0.130. The maximum atomic E-state index is 13.4. The maximum absolute atomic E-state index is 13.4. The fourth-order valence-electron chi connectivity index (χ4n) is 4.01. The Morgan fingerprint density at radius 2 is 1.29 bits per heavy atom. The van der Waals surface area contributed by atoms with Crippen molar-refractivity contribution >= 4 is 5.91 Å². The smallest absolute Gasteiger partial charge is 0.241 e. The molecule has 5 nitrogen and oxygen atoms in total. The number of methoxy groups -OCH3 is 2. The van der Waals surface area contributed by atoms with Crippen LogP contribution in [0.2, 0.25) is 0 Å². The summed E-state index contributed by atoms with van der Waals surface area (Å²) in [7, 11) is 3.32. The van der Waals surface area contributed by atoms with E-state index in [0.29, 0.717) is 13.0 Å². The molecular weight excluding hydrogens is 388 g/mol. The lowest BCUT2D eigenvalue weighted by Crippen LogP contribution is -2.38. The van der Waals surface area contributed by atoms with E-state index in [1.807, 2.05) is 59.5 Å². The quantitative estimate of drug-likeness (QED) is 0.607. The molecule has 0 radical (unpaired) electrons. The Morgan fingerprint density at radius 3 is 1.84 bits per heavy atom. The third-order valence-electron chi connectivity index (χ3n) is 5.73. The van der Waals surface area contributed by atoms with Gasteiger partial charge in [-0.25, -0.2) is 0 Å². The zero-order valence-corrected chi connectivity index (χ0v) is 18.0. The van der Waals surface area contributed by atoms with E-state index in [1.54, 1.807) is 14.2 Å². The standard InChI is InChI=1S/C26H28N2O3/c1-30-22-12-8-19(9-13-22)16-24-26(29)28(18-21-6-4-3-5-7-21)25(27-24)17-20-10-14-23(31-2)15-11-20/h3-15,24-25,27H,16-18H2,1-2H3/t24-,25+/m0/s1. The lowest BCUT2D eigenvalue weighted by atomic mass is 10.1. The third-order valence-corrected chi connectivity index (χ3v) is 5.73. The summed E-state index contributed by atoms with van der Waals surface area (Å²) in [6.45, 7) is 0.590. The van der Waals surface area contributed by atoms with E-state index < -0.39 is 0 Å². The predicted octanol–water partition coefficient (Wildman–Crippen LogP) is 3.82. The number of nitrogens with zero attached hydrogens (tertiary/aromatic N) is 1. The van der Waals surface area contributed by atoms with Crippen LogP contribution >= 0.6 is 0 Å². The molecule has 0 aliphatic carbocycles. The summed E-state index contributed by atoms with van der Waals surface area (Å²) in [6.07, 6.45) is 1.32. The van der Waals surface area contributed by atoms with Crippen molar-refractivity contribution in [1.82, 2.24) is 10.2 Å². The van der Waals surface area contributed by atoms with Gasteiger partial charge in [-0.1, -0.05) is 54.6 Å². The first-order valence-corrected chi connectivity index (χ1v) is 10.5. The number of ether oxygens (including phenoxy) is 2. The van der Waals surface area contributed by atoms with Crippen LogP contribution in [0.1, 0.15) is 16.7 Å². The van der Waals surface area contributed by atoms with Crippen molar-refractivity contribution in [1.29, 1.82) is 0 Å². The normalized spacial score (nSPS) is 18.3. The van der Waals surface area contributed by atoms with E-state index in [1.165, 1.54) is 0 Å². The van der Waals surface area contributed by atoms with Crippen LogP contribution in [0.4, 0.5) is 0 Å². The first kappa shape index (κ1) is 20.9. The van der Waals surface area contributed by atoms with Crippen molar-refractivity contribution in [3.63, 3.8) is 0 Å². The highest BCUT2D eigenvalue weighted by Gasteiger charge is 2.38. The SMILES string of the molecule is COc1ccc(C[C@@H]2N[C@@H](Cc3ccc(OC)cc3)N(Cc3ccccc3)C2=O)cc1. The van der Waals surface area contributed by atoms with Crippen LogP contribution in [0.5, 0.6) is 11.5 Å². The average molecular weight is 417 g/mol. The van der Waals surface area contributed by atoms with Gasteiger partial charge in [0.25, 0.3) is 0 Å². The highest BCUT2D eigenvalue weighted by atomic mass is 16.5. The van der Waals surface area contributed by atoms with Crippen LogP contribution < -0.4 is 14.8 Å². The van der Waals surface area contributed by atoms with E-state index in [-0.39, 0.29) is 18.1 Å². The van der Waals surface area contributed by atoms with Crippen LogP contribution in [0.3, 0.4) is 0 Å². The molecule has 1 amide bonds. The summed E-state index contributed by atoms with van der Waals surface area (Å²) in [5.74, 6) is 1.79. The van der Waals surface area contributed by atoms with Crippen molar-refractivity contribution in [2.75, 3.05) is 14.2 Å². The molecule has 0 bridgehead atoms. The predicted molar refractivity (Wildman–Crippen MR) is 121 cm³/mol. The van der Waals surface area contributed by atoms with Crippen molar-refractivity contribution in [2.24, 2.45) is 0 Å². The zero-order valence-electron chi connectivity index (χ0n) is 18.0. The van der Waals surface area contributed by atoms with Gasteiger partial charge in [0.15, 0.2) is 0 Å². The second kappa shape index (κ2) is 9.67. The van der Waals surface area contributed by atoms with E-state index in [4.69, 9.17) is 9.47 Å². The second-order valence-electron chi connectivity index (χ2n) is 7.79. The molecule has 1 aliphatic heterocycles. The highest BCUT2D eigenvalue weighted by molar-refractivity contribution is 5.84. The topological polar surface area (TPSA) is 50.8 Å². The fraction of sp³-hybridized carbons (Fsp3) is 0.269. The molecule has 3 aromatic rings. The van der Waals surface area contributed by atoms with Crippen LogP contribution in [-0.4, -0.2) is 37.2 Å². The van der Waals surface area contributed by atoms with Gasteiger partial charge in [0.2, 0.25) is 5.91 Å². The highest BCUT2D eigenvalue weighted by Crippen LogP contribution is 2.23. The summed E-state index contributed by atoms with van der Waals surface area (Å²) < 4.78 is 10.5. The van der Waals surface area contributed by atoms with Gasteiger partial charge in [-0.05, 0) is 47.4 Å². The number of hydrogen-bond donors (Lipinski definition) is 1. The molecular formula is C26H28N2O3. The number of carbonyl (C=O) groups is 1. The van der Waals surface area contributed by atoms with Crippen LogP contribution in [0.15, 0.2) is 78.9 Å². The lowest BCUT2D eigenvalue weighted by Gasteiger charge is -2.24. The van der Waals surface area contributed by atoms with Gasteiger partial charge in [0.1, 0.15) is 11.5 Å². The molecule has 1 saturated heterocycles. The number of rotatable bonds is 8. The molecule has 2 atom stereocenters. The number of carbonyl (C=O) groups excluding carboxylic acids is 1. The molecule has 3 aromatic carbocycles. The number of amides is 1. The Kier molecular flexibility index (Phi) is 6.53. The van der Waals surface area contributed by atoms with Crippen molar-refractivity contribution in [3.8, 4) is 11.5 Å². The first-order chi connectivity index (χ1) is 15.2. The number of hydrogen-bond acceptors (Lipinski definition) is 4. The van der Waals surface area contributed by atoms with Gasteiger partial charge in [-0.2, -0.15) is 0 Å². The Labute approximate surface area is 183 Å². The summed E-state index contributed by atoms with van der Waals surface area (Å²) in [5, 5.41) is 3.58. The molecule has 0 aromatic heterocycles. The molecule has 1 N–H and O–H groups in total. The van der Waals surface area contributed by atoms with Gasteiger partial charge in [-0.3, -0.25) is 10.1 Å². The molecule has 160 valence electrons. The summed E-state index contributed by atoms with van der Waals surface area (Å²) in [4.78, 5) is 15.3. The number of benzene rings is 3. The molecule has 0 unspecified atom stereocenters.